The predicted octanol–water partition coefficient (Wildman–Crippen LogP) is 2.41. The van der Waals surface area contributed by atoms with Crippen molar-refractivity contribution in [1.82, 2.24) is 4.90 Å². The molecule has 0 unspecified atom stereocenters. The minimum atomic E-state index is -0.129. The molecule has 2 nitrogen and oxygen atoms in total. The van der Waals surface area contributed by atoms with Crippen LogP contribution in [0, 0.1) is 5.82 Å². The fourth-order valence-electron chi connectivity index (χ4n) is 1.52. The van der Waals surface area contributed by atoms with Gasteiger partial charge in [-0.3, -0.25) is 0 Å². The maximum absolute atomic E-state index is 13.4. The number of likely N-dealkylation sites (N-methyl/N-ethyl adjacent to an activating group) is 1. The van der Waals surface area contributed by atoms with Gasteiger partial charge >= 0.3 is 0 Å². The predicted molar refractivity (Wildman–Crippen MR) is 69.0 cm³/mol. The lowest BCUT2D eigenvalue weighted by Crippen LogP contribution is -2.24. The van der Waals surface area contributed by atoms with E-state index in [1.807, 2.05) is 13.1 Å². The highest BCUT2D eigenvalue weighted by atomic mass is 79.9. The Labute approximate surface area is 105 Å². The largest absolute Gasteiger partial charge is 0.330 e. The first-order chi connectivity index (χ1) is 7.63. The topological polar surface area (TPSA) is 29.3 Å². The second-order valence-electron chi connectivity index (χ2n) is 3.93. The van der Waals surface area contributed by atoms with Gasteiger partial charge in [-0.05, 0) is 56.7 Å². The molecule has 4 heteroatoms. The van der Waals surface area contributed by atoms with Crippen molar-refractivity contribution >= 4 is 15.9 Å². The van der Waals surface area contributed by atoms with Crippen molar-refractivity contribution in [2.24, 2.45) is 5.73 Å². The van der Waals surface area contributed by atoms with E-state index in [2.05, 4.69) is 20.8 Å². The monoisotopic (exact) mass is 288 g/mol. The third-order valence-electron chi connectivity index (χ3n) is 2.51. The van der Waals surface area contributed by atoms with Crippen LogP contribution in [-0.4, -0.2) is 31.6 Å². The van der Waals surface area contributed by atoms with Gasteiger partial charge in [0.15, 0.2) is 0 Å². The summed E-state index contributed by atoms with van der Waals surface area (Å²) < 4.78 is 14.3. The highest BCUT2D eigenvalue weighted by Gasteiger charge is 2.04. The van der Waals surface area contributed by atoms with Crippen LogP contribution in [0.5, 0.6) is 0 Å². The Kier molecular flexibility index (Phi) is 5.95. The normalized spacial score (nSPS) is 11.1. The third kappa shape index (κ3) is 4.60. The van der Waals surface area contributed by atoms with Gasteiger partial charge in [-0.25, -0.2) is 4.39 Å². The molecule has 1 aromatic rings. The van der Waals surface area contributed by atoms with Crippen molar-refractivity contribution in [1.29, 1.82) is 0 Å². The molecule has 0 aromatic heterocycles. The van der Waals surface area contributed by atoms with Gasteiger partial charge in [0.1, 0.15) is 5.82 Å². The van der Waals surface area contributed by atoms with Crippen LogP contribution in [0.1, 0.15) is 12.0 Å². The number of hydrogen-bond donors (Lipinski definition) is 1. The summed E-state index contributed by atoms with van der Waals surface area (Å²) >= 11 is 3.35. The van der Waals surface area contributed by atoms with Crippen LogP contribution in [0.2, 0.25) is 0 Å². The zero-order valence-electron chi connectivity index (χ0n) is 9.55. The summed E-state index contributed by atoms with van der Waals surface area (Å²) in [6.07, 6.45) is 1.71. The van der Waals surface area contributed by atoms with Crippen molar-refractivity contribution in [2.75, 3.05) is 26.7 Å². The highest BCUT2D eigenvalue weighted by Crippen LogP contribution is 2.16. The fourth-order valence-corrected chi connectivity index (χ4v) is 1.93. The smallest absolute Gasteiger partial charge is 0.126 e. The number of halogens is 2. The van der Waals surface area contributed by atoms with Gasteiger partial charge in [0.25, 0.3) is 0 Å². The van der Waals surface area contributed by atoms with Crippen LogP contribution < -0.4 is 5.73 Å². The van der Waals surface area contributed by atoms with Gasteiger partial charge < -0.3 is 10.6 Å². The molecule has 2 N–H and O–H groups in total. The summed E-state index contributed by atoms with van der Waals surface area (Å²) in [6.45, 7) is 2.52. The van der Waals surface area contributed by atoms with Crippen LogP contribution in [0.25, 0.3) is 0 Å². The summed E-state index contributed by atoms with van der Waals surface area (Å²) in [4.78, 5) is 2.17. The lowest BCUT2D eigenvalue weighted by Gasteiger charge is -2.16. The molecule has 0 aliphatic carbocycles. The van der Waals surface area contributed by atoms with Crippen molar-refractivity contribution in [3.05, 3.63) is 34.1 Å². The lowest BCUT2D eigenvalue weighted by atomic mass is 10.1. The molecule has 0 saturated heterocycles. The molecule has 0 atom stereocenters. The number of hydrogen-bond acceptors (Lipinski definition) is 2. The van der Waals surface area contributed by atoms with Gasteiger partial charge in [0.05, 0.1) is 0 Å². The van der Waals surface area contributed by atoms with Gasteiger partial charge in [-0.2, -0.15) is 0 Å². The number of benzene rings is 1. The number of nitrogens with zero attached hydrogens (tertiary/aromatic N) is 1. The zero-order valence-corrected chi connectivity index (χ0v) is 11.1. The van der Waals surface area contributed by atoms with E-state index >= 15 is 0 Å². The quantitative estimate of drug-likeness (QED) is 0.871. The van der Waals surface area contributed by atoms with E-state index < -0.39 is 0 Å². The maximum Gasteiger partial charge on any atom is 0.126 e. The fraction of sp³-hybridized carbons (Fsp3) is 0.500. The summed E-state index contributed by atoms with van der Waals surface area (Å²) in [7, 11) is 2.03. The van der Waals surface area contributed by atoms with Gasteiger partial charge in [-0.1, -0.05) is 15.9 Å². The first-order valence-corrected chi connectivity index (χ1v) is 6.25. The van der Waals surface area contributed by atoms with Crippen molar-refractivity contribution in [3.63, 3.8) is 0 Å². The van der Waals surface area contributed by atoms with Crippen LogP contribution in [0.15, 0.2) is 22.7 Å². The van der Waals surface area contributed by atoms with E-state index in [0.29, 0.717) is 6.54 Å². The average Bonchev–Trinajstić information content (AvgIpc) is 2.27. The maximum atomic E-state index is 13.4. The standard InChI is InChI=1S/C12H18BrFN2/c1-16(7-2-6-15)8-5-10-9-11(13)3-4-12(10)14/h3-4,9H,2,5-8,15H2,1H3. The van der Waals surface area contributed by atoms with Crippen molar-refractivity contribution in [3.8, 4) is 0 Å². The van der Waals surface area contributed by atoms with Gasteiger partial charge in [0.2, 0.25) is 0 Å². The van der Waals surface area contributed by atoms with Gasteiger partial charge in [-0.15, -0.1) is 0 Å². The average molecular weight is 289 g/mol. The lowest BCUT2D eigenvalue weighted by molar-refractivity contribution is 0.334. The van der Waals surface area contributed by atoms with E-state index in [0.717, 1.165) is 36.0 Å². The molecule has 1 rings (SSSR count). The first-order valence-electron chi connectivity index (χ1n) is 5.46. The summed E-state index contributed by atoms with van der Waals surface area (Å²) in [5.74, 6) is -0.129. The Morgan fingerprint density at radius 3 is 2.81 bits per heavy atom. The second-order valence-corrected chi connectivity index (χ2v) is 4.85. The van der Waals surface area contributed by atoms with E-state index in [1.54, 1.807) is 6.07 Å². The molecule has 90 valence electrons. The third-order valence-corrected chi connectivity index (χ3v) is 3.01. The van der Waals surface area contributed by atoms with Crippen molar-refractivity contribution < 1.29 is 4.39 Å². The minimum Gasteiger partial charge on any atom is -0.330 e. The Balaban J connectivity index is 2.44. The van der Waals surface area contributed by atoms with Crippen LogP contribution in [0.4, 0.5) is 4.39 Å². The van der Waals surface area contributed by atoms with E-state index in [4.69, 9.17) is 5.73 Å². The SMILES string of the molecule is CN(CCCN)CCc1cc(Br)ccc1F. The van der Waals surface area contributed by atoms with Crippen LogP contribution in [-0.2, 0) is 6.42 Å². The first kappa shape index (κ1) is 13.6. The van der Waals surface area contributed by atoms with Crippen LogP contribution >= 0.6 is 15.9 Å². The Morgan fingerprint density at radius 1 is 1.38 bits per heavy atom. The Hall–Kier alpha value is -0.450. The Morgan fingerprint density at radius 2 is 2.12 bits per heavy atom. The summed E-state index contributed by atoms with van der Waals surface area (Å²) in [5, 5.41) is 0. The van der Waals surface area contributed by atoms with Crippen LogP contribution in [0.3, 0.4) is 0 Å². The minimum absolute atomic E-state index is 0.129. The molecule has 0 fully saturated rings. The van der Waals surface area contributed by atoms with E-state index in [9.17, 15) is 4.39 Å². The summed E-state index contributed by atoms with van der Waals surface area (Å²) in [6, 6.07) is 5.06. The molecule has 0 saturated carbocycles. The molecule has 0 spiro atoms. The summed E-state index contributed by atoms with van der Waals surface area (Å²) in [5.41, 5.74) is 6.19. The molecule has 0 amide bonds. The molecule has 0 aliphatic heterocycles. The molecule has 1 aromatic carbocycles. The Bertz CT molecular complexity index is 331. The molecule has 0 aliphatic rings. The van der Waals surface area contributed by atoms with E-state index in [1.165, 1.54) is 6.07 Å². The van der Waals surface area contributed by atoms with Crippen molar-refractivity contribution in [2.45, 2.75) is 12.8 Å². The number of rotatable bonds is 6. The molecular formula is C12H18BrFN2. The molecule has 0 radical (unpaired) electrons. The zero-order chi connectivity index (χ0) is 12.0. The number of nitrogens with two attached hydrogens (primary N) is 1. The van der Waals surface area contributed by atoms with Gasteiger partial charge in [0, 0.05) is 11.0 Å². The second kappa shape index (κ2) is 6.99. The highest BCUT2D eigenvalue weighted by molar-refractivity contribution is 9.10. The van der Waals surface area contributed by atoms with E-state index in [-0.39, 0.29) is 5.82 Å². The molecule has 0 bridgehead atoms. The molecule has 0 heterocycles. The molecule has 16 heavy (non-hydrogen) atoms. The molecular weight excluding hydrogens is 271 g/mol.